The lowest BCUT2D eigenvalue weighted by atomic mass is 10.1. The third kappa shape index (κ3) is 2.28. The van der Waals surface area contributed by atoms with E-state index in [-0.39, 0.29) is 38.6 Å². The zero-order chi connectivity index (χ0) is 12.0. The Kier molecular flexibility index (Phi) is 5.24. The Morgan fingerprint density at radius 2 is 1.50 bits per heavy atom. The van der Waals surface area contributed by atoms with Crippen molar-refractivity contribution in [1.82, 2.24) is 0 Å². The molecule has 0 fully saturated rings. The fourth-order valence-corrected chi connectivity index (χ4v) is 1.84. The van der Waals surface area contributed by atoms with Crippen molar-refractivity contribution in [2.75, 3.05) is 0 Å². The Hall–Kier alpha value is -2.61. The maximum atomic E-state index is 12.1. The van der Waals surface area contributed by atoms with Crippen LogP contribution in [0, 0.1) is 0 Å². The lowest BCUT2D eigenvalue weighted by molar-refractivity contribution is 0.401. The number of benzene rings is 2. The summed E-state index contributed by atoms with van der Waals surface area (Å²) in [4.78, 5) is 12.1. The number of hydrogen-bond donors (Lipinski definition) is 2. The van der Waals surface area contributed by atoms with Crippen LogP contribution in [0.15, 0.2) is 45.6 Å². The van der Waals surface area contributed by atoms with Crippen LogP contribution in [0.1, 0.15) is 0 Å². The van der Waals surface area contributed by atoms with Gasteiger partial charge in [-0.05, 0) is 24.3 Å². The summed E-state index contributed by atoms with van der Waals surface area (Å²) >= 11 is 0. The largest absolute Gasteiger partial charge is 0.504 e. The summed E-state index contributed by atoms with van der Waals surface area (Å²) in [6.45, 7) is 0. The summed E-state index contributed by atoms with van der Waals surface area (Å²) in [5.74, 6) is -0.721. The van der Waals surface area contributed by atoms with Gasteiger partial charge in [-0.1, -0.05) is 12.1 Å². The van der Waals surface area contributed by atoms with Crippen LogP contribution in [0.5, 0.6) is 11.5 Å². The van der Waals surface area contributed by atoms with Gasteiger partial charge in [0, 0.05) is 0 Å². The molecule has 7 heteroatoms. The number of phenolic OH excluding ortho intramolecular Hbond substituents is 2. The van der Waals surface area contributed by atoms with Crippen molar-refractivity contribution in [1.29, 1.82) is 0 Å². The zero-order valence-corrected chi connectivity index (χ0v) is 10.2. The summed E-state index contributed by atoms with van der Waals surface area (Å²) in [5.41, 5.74) is 0.164. The molecule has 3 aromatic rings. The van der Waals surface area contributed by atoms with Crippen LogP contribution < -0.4 is 5.43 Å². The molecule has 0 aliphatic carbocycles. The predicted octanol–water partition coefficient (Wildman–Crippen LogP) is -0.117. The SMILES string of the molecule is O.O.O.O=c1c2ccccc2oc2c(O)c(O)ccc12. The zero-order valence-electron chi connectivity index (χ0n) is 10.2. The van der Waals surface area contributed by atoms with Crippen LogP contribution in [-0.4, -0.2) is 26.6 Å². The first-order valence-corrected chi connectivity index (χ1v) is 5.05. The van der Waals surface area contributed by atoms with Gasteiger partial charge in [-0.3, -0.25) is 4.79 Å². The molecule has 0 aliphatic heterocycles. The molecule has 0 spiro atoms. The van der Waals surface area contributed by atoms with Gasteiger partial charge in [-0.15, -0.1) is 0 Å². The van der Waals surface area contributed by atoms with E-state index in [0.29, 0.717) is 11.0 Å². The number of para-hydroxylation sites is 1. The summed E-state index contributed by atoms with van der Waals surface area (Å²) in [6, 6.07) is 9.47. The topological polar surface area (TPSA) is 165 Å². The Morgan fingerprint density at radius 3 is 2.20 bits per heavy atom. The number of phenols is 2. The second-order valence-corrected chi connectivity index (χ2v) is 3.74. The van der Waals surface area contributed by atoms with Crippen molar-refractivity contribution >= 4 is 21.9 Å². The molecular weight excluding hydrogens is 268 g/mol. The first kappa shape index (κ1) is 17.4. The van der Waals surface area contributed by atoms with Gasteiger partial charge < -0.3 is 31.1 Å². The van der Waals surface area contributed by atoms with Gasteiger partial charge in [0.25, 0.3) is 0 Å². The van der Waals surface area contributed by atoms with Gasteiger partial charge in [0.1, 0.15) is 5.58 Å². The highest BCUT2D eigenvalue weighted by Gasteiger charge is 2.12. The highest BCUT2D eigenvalue weighted by molar-refractivity contribution is 5.93. The molecule has 108 valence electrons. The van der Waals surface area contributed by atoms with E-state index >= 15 is 0 Å². The third-order valence-corrected chi connectivity index (χ3v) is 2.70. The van der Waals surface area contributed by atoms with E-state index in [1.165, 1.54) is 12.1 Å². The van der Waals surface area contributed by atoms with Gasteiger partial charge in [0.05, 0.1) is 10.8 Å². The molecule has 7 nitrogen and oxygen atoms in total. The first-order chi connectivity index (χ1) is 8.18. The molecule has 0 atom stereocenters. The van der Waals surface area contributed by atoms with Crippen LogP contribution in [-0.2, 0) is 0 Å². The number of aromatic hydroxyl groups is 2. The van der Waals surface area contributed by atoms with Gasteiger partial charge in [-0.25, -0.2) is 0 Å². The third-order valence-electron chi connectivity index (χ3n) is 2.70. The van der Waals surface area contributed by atoms with E-state index in [1.54, 1.807) is 24.3 Å². The molecule has 3 rings (SSSR count). The molecule has 0 unspecified atom stereocenters. The fourth-order valence-electron chi connectivity index (χ4n) is 1.84. The average Bonchev–Trinajstić information content (AvgIpc) is 2.35. The quantitative estimate of drug-likeness (QED) is 0.433. The summed E-state index contributed by atoms with van der Waals surface area (Å²) in [5, 5.41) is 19.7. The van der Waals surface area contributed by atoms with Gasteiger partial charge in [-0.2, -0.15) is 0 Å². The average molecular weight is 282 g/mol. The van der Waals surface area contributed by atoms with Gasteiger partial charge in [0.2, 0.25) is 11.2 Å². The van der Waals surface area contributed by atoms with Gasteiger partial charge >= 0.3 is 0 Å². The molecule has 2 aromatic carbocycles. The number of rotatable bonds is 0. The minimum atomic E-state index is -0.412. The molecule has 0 radical (unpaired) electrons. The smallest absolute Gasteiger partial charge is 0.201 e. The lowest BCUT2D eigenvalue weighted by Crippen LogP contribution is -2.01. The van der Waals surface area contributed by atoms with E-state index in [0.717, 1.165) is 0 Å². The Labute approximate surface area is 112 Å². The first-order valence-electron chi connectivity index (χ1n) is 5.05. The van der Waals surface area contributed by atoms with Crippen LogP contribution in [0.2, 0.25) is 0 Å². The van der Waals surface area contributed by atoms with Crippen LogP contribution in [0.4, 0.5) is 0 Å². The predicted molar refractivity (Wildman–Crippen MR) is 74.2 cm³/mol. The second-order valence-electron chi connectivity index (χ2n) is 3.74. The van der Waals surface area contributed by atoms with Gasteiger partial charge in [0.15, 0.2) is 11.3 Å². The van der Waals surface area contributed by atoms with Crippen LogP contribution in [0.25, 0.3) is 21.9 Å². The minimum Gasteiger partial charge on any atom is -0.504 e. The molecule has 1 heterocycles. The van der Waals surface area contributed by atoms with E-state index in [2.05, 4.69) is 0 Å². The minimum absolute atomic E-state index is 0. The molecule has 0 bridgehead atoms. The molecule has 0 saturated carbocycles. The van der Waals surface area contributed by atoms with Crippen LogP contribution >= 0.6 is 0 Å². The van der Waals surface area contributed by atoms with E-state index in [9.17, 15) is 15.0 Å². The van der Waals surface area contributed by atoms with E-state index in [4.69, 9.17) is 4.42 Å². The maximum absolute atomic E-state index is 12.1. The van der Waals surface area contributed by atoms with Crippen molar-refractivity contribution < 1.29 is 31.1 Å². The monoisotopic (exact) mass is 282 g/mol. The Bertz CT molecular complexity index is 792. The van der Waals surface area contributed by atoms with Crippen molar-refractivity contribution in [2.45, 2.75) is 0 Å². The van der Waals surface area contributed by atoms with Crippen molar-refractivity contribution in [2.24, 2.45) is 0 Å². The molecule has 1 aromatic heterocycles. The number of fused-ring (bicyclic) bond motifs is 2. The van der Waals surface area contributed by atoms with Crippen molar-refractivity contribution in [3.63, 3.8) is 0 Å². The van der Waals surface area contributed by atoms with Crippen molar-refractivity contribution in [3.8, 4) is 11.5 Å². The molecule has 0 aliphatic rings. The lowest BCUT2D eigenvalue weighted by Gasteiger charge is -2.03. The summed E-state index contributed by atoms with van der Waals surface area (Å²) < 4.78 is 5.43. The summed E-state index contributed by atoms with van der Waals surface area (Å²) in [7, 11) is 0. The van der Waals surface area contributed by atoms with Crippen molar-refractivity contribution in [3.05, 3.63) is 46.6 Å². The van der Waals surface area contributed by atoms with E-state index < -0.39 is 5.75 Å². The summed E-state index contributed by atoms with van der Waals surface area (Å²) in [6.07, 6.45) is 0. The molecular formula is C13H14O7. The standard InChI is InChI=1S/C13H8O4.3H2O/c14-9-6-5-8-11(15)7-3-1-2-4-10(7)17-13(8)12(9)16;;;/h1-6,14,16H;3*1H2. The van der Waals surface area contributed by atoms with Crippen LogP contribution in [0.3, 0.4) is 0 Å². The Morgan fingerprint density at radius 1 is 0.850 bits per heavy atom. The normalized spacial score (nSPS) is 9.40. The molecule has 0 saturated heterocycles. The second kappa shape index (κ2) is 6.02. The molecule has 20 heavy (non-hydrogen) atoms. The maximum Gasteiger partial charge on any atom is 0.201 e. The highest BCUT2D eigenvalue weighted by atomic mass is 16.4. The highest BCUT2D eigenvalue weighted by Crippen LogP contribution is 2.33. The fraction of sp³-hybridized carbons (Fsp3) is 0. The Balaban J connectivity index is 0.00000120. The number of hydrogen-bond acceptors (Lipinski definition) is 4. The molecule has 0 amide bonds. The molecule has 8 N–H and O–H groups in total. The van der Waals surface area contributed by atoms with E-state index in [1.807, 2.05) is 0 Å².